The molecular weight excluding hydrogens is 302 g/mol. The van der Waals surface area contributed by atoms with E-state index in [0.29, 0.717) is 0 Å². The first-order chi connectivity index (χ1) is 9.21. The van der Waals surface area contributed by atoms with Gasteiger partial charge < -0.3 is 30.1 Å². The first-order valence-corrected chi connectivity index (χ1v) is 5.95. The second-order valence-electron chi connectivity index (χ2n) is 4.29. The molecule has 0 aliphatic heterocycles. The largest absolute Gasteiger partial charge is 2.00 e. The van der Waals surface area contributed by atoms with Crippen LogP contribution in [0.4, 0.5) is 0 Å². The Balaban J connectivity index is 0.000000364. The number of rotatable bonds is 2. The van der Waals surface area contributed by atoms with E-state index in [2.05, 4.69) is 0 Å². The van der Waals surface area contributed by atoms with Crippen LogP contribution in [0.3, 0.4) is 0 Å². The molecule has 0 heterocycles. The molecule has 21 heavy (non-hydrogen) atoms. The first kappa shape index (κ1) is 20.6. The van der Waals surface area contributed by atoms with Gasteiger partial charge in [0.15, 0.2) is 0 Å². The SMILES string of the molecule is O[B-](O)(O)c1ccccc1.O[B-](O)(O)c1ccccc1.[Ca+2]. The van der Waals surface area contributed by atoms with Crippen LogP contribution in [0.2, 0.25) is 0 Å². The van der Waals surface area contributed by atoms with Gasteiger partial charge in [0.1, 0.15) is 0 Å². The Morgan fingerprint density at radius 2 is 0.714 bits per heavy atom. The standard InChI is InChI=1S/2C6H8BO3.Ca/c2*8-7(9,10)6-4-2-1-3-5-6;/h2*1-5,8-10H;/q2*-1;+2. The smallest absolute Gasteiger partial charge is 0.556 e. The van der Waals surface area contributed by atoms with Crippen molar-refractivity contribution in [2.75, 3.05) is 0 Å². The molecule has 108 valence electrons. The topological polar surface area (TPSA) is 121 Å². The molecule has 9 heteroatoms. The Bertz CT molecular complexity index is 463. The van der Waals surface area contributed by atoms with Crippen LogP contribution < -0.4 is 10.9 Å². The summed E-state index contributed by atoms with van der Waals surface area (Å²) >= 11 is 0. The van der Waals surface area contributed by atoms with E-state index in [-0.39, 0.29) is 48.7 Å². The summed E-state index contributed by atoms with van der Waals surface area (Å²) in [6.45, 7) is -6.61. The molecule has 0 aliphatic carbocycles. The van der Waals surface area contributed by atoms with Crippen LogP contribution in [0.1, 0.15) is 0 Å². The molecule has 6 nitrogen and oxygen atoms in total. The van der Waals surface area contributed by atoms with Crippen molar-refractivity contribution < 1.29 is 30.1 Å². The van der Waals surface area contributed by atoms with Gasteiger partial charge in [0.25, 0.3) is 0 Å². The average molecular weight is 318 g/mol. The van der Waals surface area contributed by atoms with Gasteiger partial charge in [-0.2, -0.15) is 0 Å². The van der Waals surface area contributed by atoms with E-state index in [1.54, 1.807) is 36.4 Å². The molecule has 0 aliphatic rings. The monoisotopic (exact) mass is 318 g/mol. The molecule has 0 spiro atoms. The van der Waals surface area contributed by atoms with Crippen molar-refractivity contribution in [3.8, 4) is 0 Å². The van der Waals surface area contributed by atoms with Crippen molar-refractivity contribution in [3.63, 3.8) is 0 Å². The van der Waals surface area contributed by atoms with Crippen molar-refractivity contribution in [3.05, 3.63) is 60.7 Å². The molecule has 0 saturated carbocycles. The summed E-state index contributed by atoms with van der Waals surface area (Å²) < 4.78 is 0. The van der Waals surface area contributed by atoms with Crippen LogP contribution in [-0.2, 0) is 0 Å². The molecule has 6 N–H and O–H groups in total. The van der Waals surface area contributed by atoms with Gasteiger partial charge in [-0.1, -0.05) is 60.7 Å². The quantitative estimate of drug-likeness (QED) is 0.334. The molecule has 2 aromatic rings. The third kappa shape index (κ3) is 7.96. The van der Waals surface area contributed by atoms with Crippen molar-refractivity contribution in [1.82, 2.24) is 0 Å². The Hall–Kier alpha value is -0.410. The summed E-state index contributed by atoms with van der Waals surface area (Å²) in [6.07, 6.45) is 0. The predicted octanol–water partition coefficient (Wildman–Crippen LogP) is -2.76. The van der Waals surface area contributed by atoms with Gasteiger partial charge in [-0.25, -0.2) is 0 Å². The van der Waals surface area contributed by atoms with Crippen LogP contribution in [0.25, 0.3) is 0 Å². The zero-order valence-corrected chi connectivity index (χ0v) is 13.5. The first-order valence-electron chi connectivity index (χ1n) is 5.95. The zero-order chi connectivity index (χ0) is 15.2. The van der Waals surface area contributed by atoms with Crippen molar-refractivity contribution in [2.45, 2.75) is 0 Å². The maximum atomic E-state index is 8.66. The van der Waals surface area contributed by atoms with Crippen molar-refractivity contribution in [1.29, 1.82) is 0 Å². The van der Waals surface area contributed by atoms with Gasteiger partial charge in [0.05, 0.1) is 0 Å². The summed E-state index contributed by atoms with van der Waals surface area (Å²) in [5, 5.41) is 52.0. The van der Waals surface area contributed by atoms with E-state index in [1.807, 2.05) is 0 Å². The second kappa shape index (κ2) is 8.89. The van der Waals surface area contributed by atoms with Gasteiger partial charge in [-0.3, -0.25) is 0 Å². The summed E-state index contributed by atoms with van der Waals surface area (Å²) in [7, 11) is 0. The summed E-state index contributed by atoms with van der Waals surface area (Å²) in [6, 6.07) is 15.7. The minimum absolute atomic E-state index is 0. The number of benzene rings is 2. The van der Waals surface area contributed by atoms with Gasteiger partial charge in [-0.15, -0.1) is 10.9 Å². The molecule has 0 bridgehead atoms. The number of hydrogen-bond donors (Lipinski definition) is 6. The molecule has 0 saturated heterocycles. The molecule has 2 rings (SSSR count). The Kier molecular flexibility index (Phi) is 8.72. The Morgan fingerprint density at radius 1 is 0.476 bits per heavy atom. The molecule has 0 aromatic heterocycles. The van der Waals surface area contributed by atoms with E-state index in [4.69, 9.17) is 30.1 Å². The third-order valence-corrected chi connectivity index (χ3v) is 2.49. The van der Waals surface area contributed by atoms with E-state index in [0.717, 1.165) is 0 Å². The van der Waals surface area contributed by atoms with E-state index >= 15 is 0 Å². The van der Waals surface area contributed by atoms with E-state index in [9.17, 15) is 0 Å². The number of hydrogen-bond acceptors (Lipinski definition) is 6. The molecule has 0 radical (unpaired) electrons. The fourth-order valence-electron chi connectivity index (χ4n) is 1.42. The van der Waals surface area contributed by atoms with Crippen molar-refractivity contribution in [2.24, 2.45) is 0 Å². The summed E-state index contributed by atoms with van der Waals surface area (Å²) in [4.78, 5) is 0. The van der Waals surface area contributed by atoms with Crippen molar-refractivity contribution >= 4 is 62.2 Å². The second-order valence-corrected chi connectivity index (χ2v) is 4.29. The maximum absolute atomic E-state index is 8.66. The van der Waals surface area contributed by atoms with Crippen LogP contribution in [0.5, 0.6) is 0 Å². The minimum Gasteiger partial charge on any atom is -0.556 e. The van der Waals surface area contributed by atoms with Gasteiger partial charge in [0.2, 0.25) is 0 Å². The van der Waals surface area contributed by atoms with E-state index in [1.165, 1.54) is 24.3 Å². The third-order valence-electron chi connectivity index (χ3n) is 2.49. The molecule has 0 fully saturated rings. The predicted molar refractivity (Wildman–Crippen MR) is 82.7 cm³/mol. The van der Waals surface area contributed by atoms with E-state index < -0.39 is 13.5 Å². The molecule has 2 aromatic carbocycles. The summed E-state index contributed by atoms with van der Waals surface area (Å²) in [5.74, 6) is 0. The molecule has 0 amide bonds. The van der Waals surface area contributed by atoms with Gasteiger partial charge in [0, 0.05) is 0 Å². The fraction of sp³-hybridized carbons (Fsp3) is 0. The van der Waals surface area contributed by atoms with Crippen LogP contribution in [0.15, 0.2) is 60.7 Å². The molecule has 0 atom stereocenters. The fourth-order valence-corrected chi connectivity index (χ4v) is 1.42. The Morgan fingerprint density at radius 3 is 0.857 bits per heavy atom. The average Bonchev–Trinajstić information content (AvgIpc) is 2.40. The van der Waals surface area contributed by atoms with Crippen LogP contribution in [-0.4, -0.2) is 81.4 Å². The maximum Gasteiger partial charge on any atom is 2.00 e. The molecule has 0 unspecified atom stereocenters. The Labute approximate surface area is 152 Å². The minimum atomic E-state index is -3.30. The summed E-state index contributed by atoms with van der Waals surface area (Å²) in [5.41, 5.74) is 0.255. The molecular formula is C12H16B2CaO6. The van der Waals surface area contributed by atoms with Crippen LogP contribution >= 0.6 is 0 Å². The van der Waals surface area contributed by atoms with Gasteiger partial charge in [-0.05, 0) is 0 Å². The van der Waals surface area contributed by atoms with Gasteiger partial charge >= 0.3 is 51.2 Å². The zero-order valence-electron chi connectivity index (χ0n) is 11.3. The van der Waals surface area contributed by atoms with Crippen LogP contribution in [0, 0.1) is 0 Å². The normalized spacial score (nSPS) is 11.0.